The first-order valence-electron chi connectivity index (χ1n) is 5.89. The van der Waals surface area contributed by atoms with Crippen LogP contribution in [0.3, 0.4) is 0 Å². The van der Waals surface area contributed by atoms with Crippen LogP contribution in [0.15, 0.2) is 18.3 Å². The number of carbonyl (C=O) groups excluding carboxylic acids is 1. The molecule has 0 bridgehead atoms. The Balaban J connectivity index is 2.74. The van der Waals surface area contributed by atoms with Gasteiger partial charge in [-0.3, -0.25) is 9.78 Å². The number of aliphatic hydroxyl groups excluding tert-OH is 1. The molecule has 1 atom stereocenters. The van der Waals surface area contributed by atoms with Crippen molar-refractivity contribution in [3.8, 4) is 0 Å². The fourth-order valence-corrected chi connectivity index (χ4v) is 1.68. The predicted molar refractivity (Wildman–Crippen MR) is 66.8 cm³/mol. The summed E-state index contributed by atoms with van der Waals surface area (Å²) in [5.74, 6) is 0.172. The van der Waals surface area contributed by atoms with E-state index in [9.17, 15) is 4.79 Å². The Labute approximate surface area is 102 Å². The van der Waals surface area contributed by atoms with Crippen molar-refractivity contribution in [1.29, 1.82) is 0 Å². The van der Waals surface area contributed by atoms with Crippen molar-refractivity contribution in [2.24, 2.45) is 5.92 Å². The lowest BCUT2D eigenvalue weighted by Crippen LogP contribution is -2.39. The third kappa shape index (κ3) is 3.82. The number of nitrogens with zero attached hydrogens (tertiary/aromatic N) is 1. The van der Waals surface area contributed by atoms with Crippen LogP contribution in [0.25, 0.3) is 0 Å². The molecule has 0 aliphatic carbocycles. The van der Waals surface area contributed by atoms with Gasteiger partial charge < -0.3 is 10.4 Å². The van der Waals surface area contributed by atoms with E-state index in [4.69, 9.17) is 5.11 Å². The van der Waals surface area contributed by atoms with Gasteiger partial charge >= 0.3 is 0 Å². The molecule has 1 heterocycles. The molecule has 0 spiro atoms. The minimum absolute atomic E-state index is 0.00731. The van der Waals surface area contributed by atoms with E-state index in [2.05, 4.69) is 10.3 Å². The molecular weight excluding hydrogens is 216 g/mol. The Morgan fingerprint density at radius 2 is 2.24 bits per heavy atom. The zero-order valence-corrected chi connectivity index (χ0v) is 10.6. The zero-order chi connectivity index (χ0) is 12.8. The lowest BCUT2D eigenvalue weighted by atomic mass is 10.0. The Morgan fingerprint density at radius 1 is 1.53 bits per heavy atom. The predicted octanol–water partition coefficient (Wildman–Crippen LogP) is 1.53. The van der Waals surface area contributed by atoms with Gasteiger partial charge in [0.1, 0.15) is 0 Å². The van der Waals surface area contributed by atoms with Crippen molar-refractivity contribution in [3.63, 3.8) is 0 Å². The highest BCUT2D eigenvalue weighted by Gasteiger charge is 2.17. The summed E-state index contributed by atoms with van der Waals surface area (Å²) in [6.07, 6.45) is 2.24. The highest BCUT2D eigenvalue weighted by molar-refractivity contribution is 5.95. The number of nitrogens with one attached hydrogen (secondary N) is 1. The normalized spacial score (nSPS) is 12.5. The Bertz CT molecular complexity index is 377. The fourth-order valence-electron chi connectivity index (χ4n) is 1.68. The standard InChI is InChI=1S/C13H20N2O2/c1-9(2)12(6-8-16)15-13(17)11-5-4-7-14-10(11)3/h4-5,7,9,12,16H,6,8H2,1-3H3,(H,15,17). The summed E-state index contributed by atoms with van der Waals surface area (Å²) in [4.78, 5) is 16.1. The maximum atomic E-state index is 12.0. The molecule has 0 fully saturated rings. The summed E-state index contributed by atoms with van der Waals surface area (Å²) in [5.41, 5.74) is 1.31. The molecule has 17 heavy (non-hydrogen) atoms. The second-order valence-corrected chi connectivity index (χ2v) is 4.47. The van der Waals surface area contributed by atoms with Crippen LogP contribution in [0.1, 0.15) is 36.3 Å². The molecule has 94 valence electrons. The van der Waals surface area contributed by atoms with Crippen LogP contribution >= 0.6 is 0 Å². The van der Waals surface area contributed by atoms with Crippen molar-refractivity contribution in [2.75, 3.05) is 6.61 Å². The van der Waals surface area contributed by atoms with Crippen LogP contribution in [0.5, 0.6) is 0 Å². The third-order valence-electron chi connectivity index (χ3n) is 2.81. The van der Waals surface area contributed by atoms with Crippen molar-refractivity contribution in [2.45, 2.75) is 33.2 Å². The molecule has 1 amide bonds. The molecule has 0 aliphatic heterocycles. The molecule has 1 rings (SSSR count). The van der Waals surface area contributed by atoms with Gasteiger partial charge in [-0.2, -0.15) is 0 Å². The lowest BCUT2D eigenvalue weighted by Gasteiger charge is -2.21. The number of aryl methyl sites for hydroxylation is 1. The number of carbonyl (C=O) groups is 1. The average molecular weight is 236 g/mol. The van der Waals surface area contributed by atoms with Crippen LogP contribution in [-0.4, -0.2) is 28.6 Å². The first kappa shape index (κ1) is 13.6. The lowest BCUT2D eigenvalue weighted by molar-refractivity contribution is 0.0915. The van der Waals surface area contributed by atoms with Crippen molar-refractivity contribution >= 4 is 5.91 Å². The maximum Gasteiger partial charge on any atom is 0.253 e. The van der Waals surface area contributed by atoms with Gasteiger partial charge in [0.2, 0.25) is 0 Å². The van der Waals surface area contributed by atoms with E-state index in [1.807, 2.05) is 20.8 Å². The summed E-state index contributed by atoms with van der Waals surface area (Å²) >= 11 is 0. The molecule has 2 N–H and O–H groups in total. The number of rotatable bonds is 5. The van der Waals surface area contributed by atoms with Gasteiger partial charge in [0, 0.05) is 24.5 Å². The molecule has 0 saturated heterocycles. The van der Waals surface area contributed by atoms with E-state index in [0.717, 1.165) is 5.69 Å². The third-order valence-corrected chi connectivity index (χ3v) is 2.81. The van der Waals surface area contributed by atoms with Gasteiger partial charge in [-0.15, -0.1) is 0 Å². The van der Waals surface area contributed by atoms with Crippen LogP contribution in [0.4, 0.5) is 0 Å². The first-order chi connectivity index (χ1) is 8.06. The Morgan fingerprint density at radius 3 is 2.76 bits per heavy atom. The van der Waals surface area contributed by atoms with Crippen molar-refractivity contribution < 1.29 is 9.90 Å². The minimum atomic E-state index is -0.122. The molecule has 4 heteroatoms. The first-order valence-corrected chi connectivity index (χ1v) is 5.89. The molecule has 1 unspecified atom stereocenters. The summed E-state index contributed by atoms with van der Waals surface area (Å²) < 4.78 is 0. The molecular formula is C13H20N2O2. The highest BCUT2D eigenvalue weighted by atomic mass is 16.3. The largest absolute Gasteiger partial charge is 0.396 e. The van der Waals surface area contributed by atoms with E-state index < -0.39 is 0 Å². The quantitative estimate of drug-likeness (QED) is 0.815. The summed E-state index contributed by atoms with van der Waals surface area (Å²) in [5, 5.41) is 11.9. The van der Waals surface area contributed by atoms with Gasteiger partial charge in [-0.25, -0.2) is 0 Å². The topological polar surface area (TPSA) is 62.2 Å². The van der Waals surface area contributed by atoms with Crippen LogP contribution in [0, 0.1) is 12.8 Å². The second-order valence-electron chi connectivity index (χ2n) is 4.47. The van der Waals surface area contributed by atoms with E-state index in [1.54, 1.807) is 18.3 Å². The van der Waals surface area contributed by atoms with E-state index >= 15 is 0 Å². The summed E-state index contributed by atoms with van der Waals surface area (Å²) in [6.45, 7) is 5.94. The second kappa shape index (κ2) is 6.35. The molecule has 0 saturated carbocycles. The molecule has 0 aliphatic rings. The van der Waals surface area contributed by atoms with Crippen LogP contribution in [-0.2, 0) is 0 Å². The molecule has 0 aromatic carbocycles. The van der Waals surface area contributed by atoms with Crippen LogP contribution < -0.4 is 5.32 Å². The Hall–Kier alpha value is -1.42. The Kier molecular flexibility index (Phi) is 5.10. The number of aromatic nitrogens is 1. The van der Waals surface area contributed by atoms with E-state index in [-0.39, 0.29) is 18.6 Å². The number of hydrogen-bond acceptors (Lipinski definition) is 3. The molecule has 1 aromatic rings. The summed E-state index contributed by atoms with van der Waals surface area (Å²) in [6, 6.07) is 3.50. The number of amides is 1. The minimum Gasteiger partial charge on any atom is -0.396 e. The van der Waals surface area contributed by atoms with Gasteiger partial charge in [0.05, 0.1) is 5.56 Å². The van der Waals surface area contributed by atoms with E-state index in [1.165, 1.54) is 0 Å². The van der Waals surface area contributed by atoms with Crippen molar-refractivity contribution in [3.05, 3.63) is 29.6 Å². The highest BCUT2D eigenvalue weighted by Crippen LogP contribution is 2.09. The number of aliphatic hydroxyl groups is 1. The fraction of sp³-hybridized carbons (Fsp3) is 0.538. The number of pyridine rings is 1. The molecule has 4 nitrogen and oxygen atoms in total. The van der Waals surface area contributed by atoms with Gasteiger partial charge in [0.25, 0.3) is 5.91 Å². The van der Waals surface area contributed by atoms with Gasteiger partial charge in [-0.05, 0) is 31.4 Å². The molecule has 1 aromatic heterocycles. The molecule has 0 radical (unpaired) electrons. The van der Waals surface area contributed by atoms with Gasteiger partial charge in [0.15, 0.2) is 0 Å². The number of hydrogen-bond donors (Lipinski definition) is 2. The summed E-state index contributed by atoms with van der Waals surface area (Å²) in [7, 11) is 0. The maximum absolute atomic E-state index is 12.0. The smallest absolute Gasteiger partial charge is 0.253 e. The van der Waals surface area contributed by atoms with Crippen LogP contribution in [0.2, 0.25) is 0 Å². The van der Waals surface area contributed by atoms with Crippen molar-refractivity contribution in [1.82, 2.24) is 10.3 Å². The average Bonchev–Trinajstić information content (AvgIpc) is 2.28. The van der Waals surface area contributed by atoms with E-state index in [0.29, 0.717) is 17.9 Å². The monoisotopic (exact) mass is 236 g/mol. The SMILES string of the molecule is Cc1ncccc1C(=O)NC(CCO)C(C)C. The van der Waals surface area contributed by atoms with Gasteiger partial charge in [-0.1, -0.05) is 13.8 Å². The zero-order valence-electron chi connectivity index (χ0n) is 10.6.